The average molecular weight is 255 g/mol. The van der Waals surface area contributed by atoms with Crippen molar-refractivity contribution in [2.24, 2.45) is 5.73 Å². The zero-order valence-electron chi connectivity index (χ0n) is 8.75. The summed E-state index contributed by atoms with van der Waals surface area (Å²) in [7, 11) is -3.34. The Morgan fingerprint density at radius 2 is 1.81 bits per heavy atom. The lowest BCUT2D eigenvalue weighted by atomic mass is 9.78. The highest BCUT2D eigenvalue weighted by atomic mass is 32.2. The molecule has 16 heavy (non-hydrogen) atoms. The van der Waals surface area contributed by atoms with Crippen molar-refractivity contribution in [3.8, 4) is 0 Å². The van der Waals surface area contributed by atoms with E-state index in [2.05, 4.69) is 0 Å². The zero-order chi connectivity index (χ0) is 12.2. The molecule has 7 heteroatoms. The lowest BCUT2D eigenvalue weighted by Gasteiger charge is -2.38. The number of hydrogen-bond acceptors (Lipinski definition) is 4. The van der Waals surface area contributed by atoms with Gasteiger partial charge in [0.15, 0.2) is 9.84 Å². The Bertz CT molecular complexity index is 411. The van der Waals surface area contributed by atoms with Gasteiger partial charge >= 0.3 is 0 Å². The van der Waals surface area contributed by atoms with Crippen molar-refractivity contribution >= 4 is 9.84 Å². The third kappa shape index (κ3) is 1.84. The number of sulfone groups is 1. The molecule has 1 aliphatic heterocycles. The Morgan fingerprint density at radius 1 is 1.19 bits per heavy atom. The highest BCUT2D eigenvalue weighted by Crippen LogP contribution is 2.48. The molecule has 0 aromatic heterocycles. The lowest BCUT2D eigenvalue weighted by Crippen LogP contribution is -2.60. The zero-order valence-corrected chi connectivity index (χ0v) is 9.56. The topological polar surface area (TPSA) is 80.4 Å². The number of aliphatic hydroxyl groups is 1. The van der Waals surface area contributed by atoms with Crippen LogP contribution in [0.3, 0.4) is 0 Å². The van der Waals surface area contributed by atoms with Crippen LogP contribution in [0.4, 0.5) is 8.78 Å². The van der Waals surface area contributed by atoms with Crippen LogP contribution in [0, 0.1) is 0 Å². The second-order valence-electron chi connectivity index (χ2n) is 5.06. The van der Waals surface area contributed by atoms with E-state index in [-0.39, 0.29) is 25.0 Å². The van der Waals surface area contributed by atoms with Gasteiger partial charge in [-0.1, -0.05) is 0 Å². The predicted octanol–water partition coefficient (Wildman–Crippen LogP) is 0.0527. The van der Waals surface area contributed by atoms with Gasteiger partial charge in [-0.2, -0.15) is 0 Å². The molecule has 2 aliphatic rings. The Balaban J connectivity index is 2.26. The normalized spacial score (nSPS) is 46.0. The Hall–Kier alpha value is -0.270. The van der Waals surface area contributed by atoms with Gasteiger partial charge in [-0.05, 0) is 12.8 Å². The van der Waals surface area contributed by atoms with Crippen molar-refractivity contribution in [1.82, 2.24) is 0 Å². The molecular formula is C9H15F2NO3S. The first kappa shape index (κ1) is 12.2. The van der Waals surface area contributed by atoms with Crippen molar-refractivity contribution in [3.63, 3.8) is 0 Å². The van der Waals surface area contributed by atoms with E-state index in [1.807, 2.05) is 0 Å². The van der Waals surface area contributed by atoms with Crippen LogP contribution in [0.25, 0.3) is 0 Å². The lowest BCUT2D eigenvalue weighted by molar-refractivity contribution is -0.0436. The maximum Gasteiger partial charge on any atom is 0.250 e. The fourth-order valence-corrected chi connectivity index (χ4v) is 4.62. The Morgan fingerprint density at radius 3 is 2.19 bits per heavy atom. The fourth-order valence-electron chi connectivity index (χ4n) is 2.67. The number of alkyl halides is 2. The molecule has 4 nitrogen and oxygen atoms in total. The fraction of sp³-hybridized carbons (Fsp3) is 1.00. The summed E-state index contributed by atoms with van der Waals surface area (Å²) in [6.07, 6.45) is -1.09. The third-order valence-electron chi connectivity index (χ3n) is 3.72. The molecule has 2 unspecified atom stereocenters. The van der Waals surface area contributed by atoms with Crippen LogP contribution in [-0.2, 0) is 9.84 Å². The minimum absolute atomic E-state index is 0.0357. The van der Waals surface area contributed by atoms with Gasteiger partial charge in [0.25, 0.3) is 0 Å². The smallest absolute Gasteiger partial charge is 0.250 e. The van der Waals surface area contributed by atoms with Gasteiger partial charge in [0.1, 0.15) is 0 Å². The number of halogens is 2. The number of nitrogens with two attached hydrogens (primary N) is 1. The monoisotopic (exact) mass is 255 g/mol. The van der Waals surface area contributed by atoms with E-state index in [0.717, 1.165) is 0 Å². The average Bonchev–Trinajstić information content (AvgIpc) is 2.53. The van der Waals surface area contributed by atoms with Crippen molar-refractivity contribution in [2.45, 2.75) is 42.7 Å². The minimum Gasteiger partial charge on any atom is -0.387 e. The molecule has 2 atom stereocenters. The molecule has 1 saturated heterocycles. The highest BCUT2D eigenvalue weighted by Gasteiger charge is 2.60. The number of rotatable bonds is 1. The van der Waals surface area contributed by atoms with E-state index >= 15 is 0 Å². The maximum atomic E-state index is 13.1. The Labute approximate surface area is 92.7 Å². The summed E-state index contributed by atoms with van der Waals surface area (Å²) < 4.78 is 48.8. The first-order chi connectivity index (χ1) is 7.08. The van der Waals surface area contributed by atoms with Crippen molar-refractivity contribution in [1.29, 1.82) is 0 Å². The molecule has 94 valence electrons. The van der Waals surface area contributed by atoms with E-state index in [9.17, 15) is 22.3 Å². The van der Waals surface area contributed by atoms with E-state index in [1.54, 1.807) is 0 Å². The summed E-state index contributed by atoms with van der Waals surface area (Å²) in [6.45, 7) is 0. The standard InChI is InChI=1S/C9H15F2NO3S/c10-9(11)2-1-7(12,5-9)8(13)3-4-16(14,15)6-8/h13H,1-6,12H2. The summed E-state index contributed by atoms with van der Waals surface area (Å²) in [5.41, 5.74) is 2.64. The van der Waals surface area contributed by atoms with Crippen LogP contribution in [-0.4, -0.2) is 42.1 Å². The van der Waals surface area contributed by atoms with Gasteiger partial charge in [0, 0.05) is 12.8 Å². The van der Waals surface area contributed by atoms with Crippen molar-refractivity contribution in [3.05, 3.63) is 0 Å². The summed E-state index contributed by atoms with van der Waals surface area (Å²) in [5, 5.41) is 10.2. The van der Waals surface area contributed by atoms with Gasteiger partial charge in [0.2, 0.25) is 5.92 Å². The highest BCUT2D eigenvalue weighted by molar-refractivity contribution is 7.91. The molecule has 0 aromatic carbocycles. The minimum atomic E-state index is -3.34. The van der Waals surface area contributed by atoms with Gasteiger partial charge < -0.3 is 10.8 Å². The number of hydrogen-bond donors (Lipinski definition) is 2. The van der Waals surface area contributed by atoms with Crippen LogP contribution < -0.4 is 5.73 Å². The van der Waals surface area contributed by atoms with Gasteiger partial charge in [-0.15, -0.1) is 0 Å². The van der Waals surface area contributed by atoms with Crippen LogP contribution in [0.1, 0.15) is 25.7 Å². The molecule has 1 aliphatic carbocycles. The van der Waals surface area contributed by atoms with E-state index in [4.69, 9.17) is 5.73 Å². The van der Waals surface area contributed by atoms with Gasteiger partial charge in [-0.25, -0.2) is 17.2 Å². The molecule has 1 heterocycles. The summed E-state index contributed by atoms with van der Waals surface area (Å²) in [5.74, 6) is -3.56. The molecule has 0 amide bonds. The van der Waals surface area contributed by atoms with E-state index in [0.29, 0.717) is 0 Å². The van der Waals surface area contributed by atoms with E-state index < -0.39 is 39.1 Å². The summed E-state index contributed by atoms with van der Waals surface area (Å²) in [6, 6.07) is 0. The van der Waals surface area contributed by atoms with Gasteiger partial charge in [-0.3, -0.25) is 0 Å². The molecule has 2 fully saturated rings. The first-order valence-corrected chi connectivity index (χ1v) is 6.99. The molecule has 1 saturated carbocycles. The molecule has 0 spiro atoms. The van der Waals surface area contributed by atoms with Crippen molar-refractivity contribution in [2.75, 3.05) is 11.5 Å². The predicted molar refractivity (Wildman–Crippen MR) is 53.9 cm³/mol. The summed E-state index contributed by atoms with van der Waals surface area (Å²) >= 11 is 0. The second kappa shape index (κ2) is 3.14. The van der Waals surface area contributed by atoms with Crippen LogP contribution in [0.15, 0.2) is 0 Å². The quantitative estimate of drug-likeness (QED) is 0.694. The molecular weight excluding hydrogens is 240 g/mol. The Kier molecular flexibility index (Phi) is 2.39. The molecule has 0 bridgehead atoms. The second-order valence-corrected chi connectivity index (χ2v) is 7.25. The van der Waals surface area contributed by atoms with Crippen molar-refractivity contribution < 1.29 is 22.3 Å². The van der Waals surface area contributed by atoms with Crippen LogP contribution in [0.2, 0.25) is 0 Å². The van der Waals surface area contributed by atoms with Gasteiger partial charge in [0.05, 0.1) is 22.6 Å². The SMILES string of the molecule is NC1(C2(O)CCS(=O)(=O)C2)CCC(F)(F)C1. The molecule has 0 radical (unpaired) electrons. The first-order valence-electron chi connectivity index (χ1n) is 5.17. The maximum absolute atomic E-state index is 13.1. The van der Waals surface area contributed by atoms with Crippen LogP contribution >= 0.6 is 0 Å². The third-order valence-corrected chi connectivity index (χ3v) is 5.47. The van der Waals surface area contributed by atoms with Crippen LogP contribution in [0.5, 0.6) is 0 Å². The van der Waals surface area contributed by atoms with E-state index in [1.165, 1.54) is 0 Å². The molecule has 2 rings (SSSR count). The summed E-state index contributed by atoms with van der Waals surface area (Å²) in [4.78, 5) is 0. The molecule has 3 N–H and O–H groups in total. The molecule has 0 aromatic rings. The largest absolute Gasteiger partial charge is 0.387 e.